The summed E-state index contributed by atoms with van der Waals surface area (Å²) in [5.74, 6) is -0.582. The number of rotatable bonds is 2. The molecule has 4 N–H and O–H groups in total. The number of aliphatic hydroxyl groups is 1. The summed E-state index contributed by atoms with van der Waals surface area (Å²) in [4.78, 5) is 10.9. The summed E-state index contributed by atoms with van der Waals surface area (Å²) < 4.78 is 0. The van der Waals surface area contributed by atoms with Crippen LogP contribution in [0.1, 0.15) is 0 Å². The molecule has 76 valence electrons. The molecule has 1 aromatic carbocycles. The zero-order valence-corrected chi connectivity index (χ0v) is 8.56. The van der Waals surface area contributed by atoms with E-state index in [1.54, 1.807) is 0 Å². The number of amides is 1. The van der Waals surface area contributed by atoms with Crippen molar-refractivity contribution < 1.29 is 9.90 Å². The zero-order chi connectivity index (χ0) is 10.7. The van der Waals surface area contributed by atoms with Gasteiger partial charge in [0.2, 0.25) is 5.91 Å². The third kappa shape index (κ3) is 2.51. The standard InChI is InChI=1S/C8H8Cl2N2O2/c9-4-1-5(10)8(6(11)2-4)12-7(14)3-13/h1-2,13H,3,11H2,(H,12,14). The van der Waals surface area contributed by atoms with Crippen molar-refractivity contribution in [3.8, 4) is 0 Å². The molecule has 1 amide bonds. The van der Waals surface area contributed by atoms with Gasteiger partial charge >= 0.3 is 0 Å². The highest BCUT2D eigenvalue weighted by Crippen LogP contribution is 2.31. The minimum absolute atomic E-state index is 0.233. The van der Waals surface area contributed by atoms with Gasteiger partial charge < -0.3 is 16.2 Å². The molecule has 0 saturated heterocycles. The van der Waals surface area contributed by atoms with Crippen molar-refractivity contribution in [2.24, 2.45) is 0 Å². The van der Waals surface area contributed by atoms with Crippen molar-refractivity contribution in [1.82, 2.24) is 0 Å². The highest BCUT2D eigenvalue weighted by molar-refractivity contribution is 6.37. The summed E-state index contributed by atoms with van der Waals surface area (Å²) in [5, 5.41) is 11.5. The monoisotopic (exact) mass is 234 g/mol. The molecule has 0 aliphatic carbocycles. The van der Waals surface area contributed by atoms with Crippen LogP contribution in [0.5, 0.6) is 0 Å². The Kier molecular flexibility index (Phi) is 3.57. The van der Waals surface area contributed by atoms with Crippen LogP contribution < -0.4 is 11.1 Å². The first-order valence-corrected chi connectivity index (χ1v) is 4.45. The fourth-order valence-corrected chi connectivity index (χ4v) is 1.46. The van der Waals surface area contributed by atoms with E-state index in [1.165, 1.54) is 12.1 Å². The van der Waals surface area contributed by atoms with Crippen molar-refractivity contribution in [3.63, 3.8) is 0 Å². The van der Waals surface area contributed by atoms with Crippen molar-refractivity contribution >= 4 is 40.5 Å². The number of halogens is 2. The molecule has 14 heavy (non-hydrogen) atoms. The first-order valence-electron chi connectivity index (χ1n) is 3.70. The molecule has 0 spiro atoms. The van der Waals surface area contributed by atoms with Gasteiger partial charge in [0.15, 0.2) is 0 Å². The molecule has 0 aliphatic heterocycles. The number of nitrogen functional groups attached to an aromatic ring is 1. The molecule has 6 heteroatoms. The van der Waals surface area contributed by atoms with Gasteiger partial charge in [0, 0.05) is 5.02 Å². The largest absolute Gasteiger partial charge is 0.397 e. The second-order valence-corrected chi connectivity index (χ2v) is 3.40. The van der Waals surface area contributed by atoms with Gasteiger partial charge in [0.1, 0.15) is 6.61 Å². The molecule has 0 atom stereocenters. The highest BCUT2D eigenvalue weighted by atomic mass is 35.5. The van der Waals surface area contributed by atoms with Crippen LogP contribution in [0.2, 0.25) is 10.0 Å². The van der Waals surface area contributed by atoms with Gasteiger partial charge in [0.25, 0.3) is 0 Å². The summed E-state index contributed by atoms with van der Waals surface area (Å²) >= 11 is 11.4. The summed E-state index contributed by atoms with van der Waals surface area (Å²) in [6.45, 7) is -0.627. The van der Waals surface area contributed by atoms with E-state index in [0.29, 0.717) is 5.02 Å². The van der Waals surface area contributed by atoms with Crippen LogP contribution in [-0.2, 0) is 4.79 Å². The van der Waals surface area contributed by atoms with Crippen molar-refractivity contribution in [3.05, 3.63) is 22.2 Å². The lowest BCUT2D eigenvalue weighted by atomic mass is 10.2. The van der Waals surface area contributed by atoms with E-state index in [-0.39, 0.29) is 16.4 Å². The summed E-state index contributed by atoms with van der Waals surface area (Å²) in [7, 11) is 0. The Morgan fingerprint density at radius 2 is 2.14 bits per heavy atom. The van der Waals surface area contributed by atoms with Gasteiger partial charge in [-0.3, -0.25) is 4.79 Å². The van der Waals surface area contributed by atoms with E-state index in [0.717, 1.165) is 0 Å². The fraction of sp³-hybridized carbons (Fsp3) is 0.125. The highest BCUT2D eigenvalue weighted by Gasteiger charge is 2.09. The number of anilines is 2. The molecular formula is C8H8Cl2N2O2. The first kappa shape index (κ1) is 11.1. The molecule has 1 aromatic rings. The van der Waals surface area contributed by atoms with E-state index in [9.17, 15) is 4.79 Å². The maximum atomic E-state index is 10.9. The molecule has 0 aromatic heterocycles. The molecule has 0 aliphatic rings. The average Bonchev–Trinajstić information content (AvgIpc) is 2.10. The first-order chi connectivity index (χ1) is 6.54. The molecule has 4 nitrogen and oxygen atoms in total. The minimum atomic E-state index is -0.627. The van der Waals surface area contributed by atoms with Crippen LogP contribution in [0.25, 0.3) is 0 Å². The number of nitrogens with one attached hydrogen (secondary N) is 1. The summed E-state index contributed by atoms with van der Waals surface area (Å²) in [6.07, 6.45) is 0. The predicted molar refractivity (Wildman–Crippen MR) is 56.6 cm³/mol. The van der Waals surface area contributed by atoms with Crippen LogP contribution in [0.4, 0.5) is 11.4 Å². The Morgan fingerprint density at radius 1 is 1.50 bits per heavy atom. The molecule has 1 rings (SSSR count). The topological polar surface area (TPSA) is 75.3 Å². The van der Waals surface area contributed by atoms with Crippen LogP contribution in [0.3, 0.4) is 0 Å². The van der Waals surface area contributed by atoms with Gasteiger partial charge in [0.05, 0.1) is 16.4 Å². The lowest BCUT2D eigenvalue weighted by Crippen LogP contribution is -2.16. The third-order valence-corrected chi connectivity index (χ3v) is 2.01. The Morgan fingerprint density at radius 3 is 2.64 bits per heavy atom. The molecular weight excluding hydrogens is 227 g/mol. The molecule has 0 saturated carbocycles. The van der Waals surface area contributed by atoms with E-state index in [2.05, 4.69) is 5.32 Å². The maximum Gasteiger partial charge on any atom is 0.250 e. The smallest absolute Gasteiger partial charge is 0.250 e. The fourth-order valence-electron chi connectivity index (χ4n) is 0.904. The van der Waals surface area contributed by atoms with Gasteiger partial charge in [-0.2, -0.15) is 0 Å². The van der Waals surface area contributed by atoms with E-state index in [4.69, 9.17) is 34.0 Å². The molecule has 0 bridgehead atoms. The zero-order valence-electron chi connectivity index (χ0n) is 7.05. The maximum absolute atomic E-state index is 10.9. The quantitative estimate of drug-likeness (QED) is 0.680. The number of nitrogens with two attached hydrogens (primary N) is 1. The second-order valence-electron chi connectivity index (χ2n) is 2.56. The normalized spacial score (nSPS) is 9.93. The van der Waals surface area contributed by atoms with Crippen LogP contribution in [0, 0.1) is 0 Å². The average molecular weight is 235 g/mol. The Bertz CT molecular complexity index is 345. The van der Waals surface area contributed by atoms with Crippen molar-refractivity contribution in [2.75, 3.05) is 17.7 Å². The number of aliphatic hydroxyl groups excluding tert-OH is 1. The molecule has 0 radical (unpaired) electrons. The summed E-state index contributed by atoms with van der Waals surface area (Å²) in [5.41, 5.74) is 6.07. The molecule has 0 unspecified atom stereocenters. The van der Waals surface area contributed by atoms with Crippen molar-refractivity contribution in [1.29, 1.82) is 0 Å². The van der Waals surface area contributed by atoms with Gasteiger partial charge in [-0.05, 0) is 12.1 Å². The summed E-state index contributed by atoms with van der Waals surface area (Å²) in [6, 6.07) is 2.91. The Labute approximate surface area is 90.6 Å². The number of hydrogen-bond acceptors (Lipinski definition) is 3. The Hall–Kier alpha value is -0.970. The van der Waals surface area contributed by atoms with E-state index < -0.39 is 12.5 Å². The van der Waals surface area contributed by atoms with Crippen LogP contribution in [0.15, 0.2) is 12.1 Å². The number of benzene rings is 1. The SMILES string of the molecule is Nc1cc(Cl)cc(Cl)c1NC(=O)CO. The second kappa shape index (κ2) is 4.50. The third-order valence-electron chi connectivity index (χ3n) is 1.49. The predicted octanol–water partition coefficient (Wildman–Crippen LogP) is 1.51. The molecule has 0 fully saturated rings. The molecule has 0 heterocycles. The number of hydrogen-bond donors (Lipinski definition) is 3. The van der Waals surface area contributed by atoms with Crippen LogP contribution in [-0.4, -0.2) is 17.6 Å². The minimum Gasteiger partial charge on any atom is -0.397 e. The lowest BCUT2D eigenvalue weighted by molar-refractivity contribution is -0.118. The number of carbonyl (C=O) groups excluding carboxylic acids is 1. The van der Waals surface area contributed by atoms with Gasteiger partial charge in [-0.15, -0.1) is 0 Å². The van der Waals surface area contributed by atoms with E-state index >= 15 is 0 Å². The lowest BCUT2D eigenvalue weighted by Gasteiger charge is -2.09. The van der Waals surface area contributed by atoms with E-state index in [1.807, 2.05) is 0 Å². The van der Waals surface area contributed by atoms with Crippen molar-refractivity contribution in [2.45, 2.75) is 0 Å². The van der Waals surface area contributed by atoms with Crippen LogP contribution >= 0.6 is 23.2 Å². The number of carbonyl (C=O) groups is 1. The Balaban J connectivity index is 3.02. The van der Waals surface area contributed by atoms with Gasteiger partial charge in [-0.1, -0.05) is 23.2 Å². The van der Waals surface area contributed by atoms with Gasteiger partial charge in [-0.25, -0.2) is 0 Å².